The Balaban J connectivity index is 1.88. The highest BCUT2D eigenvalue weighted by Crippen LogP contribution is 2.33. The fourth-order valence-electron chi connectivity index (χ4n) is 3.08. The van der Waals surface area contributed by atoms with Gasteiger partial charge in [-0.05, 0) is 43.4 Å². The molecule has 1 N–H and O–H groups in total. The summed E-state index contributed by atoms with van der Waals surface area (Å²) in [6.07, 6.45) is 8.02. The molecule has 1 fully saturated rings. The Kier molecular flexibility index (Phi) is 5.30. The van der Waals surface area contributed by atoms with E-state index in [1.165, 1.54) is 23.9 Å². The topological polar surface area (TPSA) is 76.9 Å². The molecule has 1 aliphatic rings. The van der Waals surface area contributed by atoms with Crippen molar-refractivity contribution in [1.82, 2.24) is 20.1 Å². The normalized spacial score (nSPS) is 13.5. The number of amides is 1. The Hall–Kier alpha value is -2.76. The van der Waals surface area contributed by atoms with Crippen molar-refractivity contribution in [3.05, 3.63) is 52.2 Å². The summed E-state index contributed by atoms with van der Waals surface area (Å²) in [4.78, 5) is 29.4. The summed E-state index contributed by atoms with van der Waals surface area (Å²) in [5.41, 5.74) is 2.63. The number of carbonyl (C=O) groups is 1. The van der Waals surface area contributed by atoms with Crippen molar-refractivity contribution in [2.24, 2.45) is 13.0 Å². The van der Waals surface area contributed by atoms with Gasteiger partial charge in [0.2, 0.25) is 0 Å². The molecule has 6 heteroatoms. The third kappa shape index (κ3) is 3.90. The van der Waals surface area contributed by atoms with Gasteiger partial charge < -0.3 is 5.32 Å². The zero-order valence-corrected chi connectivity index (χ0v) is 15.3. The number of pyridine rings is 1. The lowest BCUT2D eigenvalue weighted by Crippen LogP contribution is -2.26. The zero-order valence-electron chi connectivity index (χ0n) is 15.3. The Labute approximate surface area is 153 Å². The number of rotatable bonds is 7. The Morgan fingerprint density at radius 1 is 1.42 bits per heavy atom. The first-order valence-corrected chi connectivity index (χ1v) is 8.96. The second kappa shape index (κ2) is 7.64. The van der Waals surface area contributed by atoms with E-state index >= 15 is 0 Å². The monoisotopic (exact) mass is 352 g/mol. The minimum atomic E-state index is -0.225. The zero-order chi connectivity index (χ0) is 18.7. The fourth-order valence-corrected chi connectivity index (χ4v) is 3.08. The molecule has 0 bridgehead atoms. The lowest BCUT2D eigenvalue weighted by molar-refractivity contribution is 0.0947. The van der Waals surface area contributed by atoms with Crippen LogP contribution in [0.4, 0.5) is 0 Å². The average molecular weight is 352 g/mol. The number of nitrogens with zero attached hydrogens (tertiary/aromatic N) is 3. The number of hydrogen-bond donors (Lipinski definition) is 1. The molecule has 6 nitrogen and oxygen atoms in total. The van der Waals surface area contributed by atoms with E-state index in [9.17, 15) is 9.59 Å². The van der Waals surface area contributed by atoms with Gasteiger partial charge in [-0.15, -0.1) is 0 Å². The standard InChI is InChI=1S/C20H24N4O2/c1-4-15-13(2)23-18(19(25)21-10-5-6-14-7-8-14)12-17(15)16-9-11-22-24(3)20(16)26/h4,9,11-12,14H,1,5-8,10H2,2-3H3,(H,21,25). The van der Waals surface area contributed by atoms with Crippen LogP contribution in [-0.2, 0) is 7.05 Å². The van der Waals surface area contributed by atoms with E-state index in [0.29, 0.717) is 29.1 Å². The summed E-state index contributed by atoms with van der Waals surface area (Å²) >= 11 is 0. The van der Waals surface area contributed by atoms with Crippen molar-refractivity contribution in [3.8, 4) is 11.1 Å². The van der Waals surface area contributed by atoms with Crippen LogP contribution in [0.3, 0.4) is 0 Å². The van der Waals surface area contributed by atoms with Gasteiger partial charge in [0.1, 0.15) is 5.69 Å². The molecule has 0 radical (unpaired) electrons. The molecule has 1 aliphatic carbocycles. The molecule has 0 unspecified atom stereocenters. The molecule has 2 aromatic heterocycles. The molecule has 0 spiro atoms. The third-order valence-corrected chi connectivity index (χ3v) is 4.75. The van der Waals surface area contributed by atoms with Crippen LogP contribution in [-0.4, -0.2) is 27.2 Å². The lowest BCUT2D eigenvalue weighted by atomic mass is 9.99. The van der Waals surface area contributed by atoms with E-state index in [1.54, 1.807) is 31.5 Å². The van der Waals surface area contributed by atoms with Gasteiger partial charge in [-0.25, -0.2) is 9.67 Å². The Morgan fingerprint density at radius 3 is 2.88 bits per heavy atom. The van der Waals surface area contributed by atoms with Gasteiger partial charge in [-0.2, -0.15) is 5.10 Å². The number of carbonyl (C=O) groups excluding carboxylic acids is 1. The second-order valence-electron chi connectivity index (χ2n) is 6.77. The molecule has 1 amide bonds. The molecule has 0 aromatic carbocycles. The first-order chi connectivity index (χ1) is 12.5. The van der Waals surface area contributed by atoms with Crippen LogP contribution in [0, 0.1) is 12.8 Å². The molecular formula is C20H24N4O2. The van der Waals surface area contributed by atoms with Crippen molar-refractivity contribution >= 4 is 12.0 Å². The molecule has 2 aromatic rings. The van der Waals surface area contributed by atoms with E-state index in [1.807, 2.05) is 6.92 Å². The van der Waals surface area contributed by atoms with E-state index < -0.39 is 0 Å². The summed E-state index contributed by atoms with van der Waals surface area (Å²) in [6, 6.07) is 3.32. The van der Waals surface area contributed by atoms with Crippen LogP contribution in [0.25, 0.3) is 17.2 Å². The van der Waals surface area contributed by atoms with Crippen molar-refractivity contribution in [2.45, 2.75) is 32.6 Å². The number of nitrogens with one attached hydrogen (secondary N) is 1. The number of aryl methyl sites for hydroxylation is 2. The highest BCUT2D eigenvalue weighted by Gasteiger charge is 2.20. The molecule has 2 heterocycles. The maximum atomic E-state index is 12.5. The summed E-state index contributed by atoms with van der Waals surface area (Å²) in [6.45, 7) is 6.28. The smallest absolute Gasteiger partial charge is 0.274 e. The molecule has 0 saturated heterocycles. The largest absolute Gasteiger partial charge is 0.351 e. The molecule has 1 saturated carbocycles. The quantitative estimate of drug-likeness (QED) is 0.777. The van der Waals surface area contributed by atoms with E-state index in [-0.39, 0.29) is 11.5 Å². The van der Waals surface area contributed by atoms with Crippen molar-refractivity contribution in [2.75, 3.05) is 6.54 Å². The summed E-state index contributed by atoms with van der Waals surface area (Å²) in [5, 5.41) is 6.88. The summed E-state index contributed by atoms with van der Waals surface area (Å²) in [5.74, 6) is 0.639. The molecule has 136 valence electrons. The second-order valence-corrected chi connectivity index (χ2v) is 6.77. The number of hydrogen-bond acceptors (Lipinski definition) is 4. The lowest BCUT2D eigenvalue weighted by Gasteiger charge is -2.12. The van der Waals surface area contributed by atoms with Gasteiger partial charge in [0.25, 0.3) is 11.5 Å². The van der Waals surface area contributed by atoms with E-state index in [0.717, 1.165) is 17.9 Å². The molecular weight excluding hydrogens is 328 g/mol. The van der Waals surface area contributed by atoms with Crippen LogP contribution < -0.4 is 10.9 Å². The Bertz CT molecular complexity index is 897. The van der Waals surface area contributed by atoms with Crippen LogP contribution in [0.2, 0.25) is 0 Å². The third-order valence-electron chi connectivity index (χ3n) is 4.75. The highest BCUT2D eigenvalue weighted by molar-refractivity contribution is 5.94. The van der Waals surface area contributed by atoms with Gasteiger partial charge in [0, 0.05) is 31.0 Å². The SMILES string of the molecule is C=Cc1c(-c2ccnn(C)c2=O)cc(C(=O)NCCCC2CC2)nc1C. The average Bonchev–Trinajstić information content (AvgIpc) is 3.44. The molecule has 0 atom stereocenters. The fraction of sp³-hybridized carbons (Fsp3) is 0.400. The molecule has 26 heavy (non-hydrogen) atoms. The van der Waals surface area contributed by atoms with Gasteiger partial charge in [-0.3, -0.25) is 9.59 Å². The summed E-state index contributed by atoms with van der Waals surface area (Å²) < 4.78 is 1.27. The van der Waals surface area contributed by atoms with E-state index in [4.69, 9.17) is 0 Å². The van der Waals surface area contributed by atoms with Gasteiger partial charge in [0.05, 0.1) is 5.56 Å². The highest BCUT2D eigenvalue weighted by atomic mass is 16.2. The van der Waals surface area contributed by atoms with Crippen LogP contribution in [0.15, 0.2) is 29.7 Å². The van der Waals surface area contributed by atoms with Gasteiger partial charge in [0.15, 0.2) is 0 Å². The predicted octanol–water partition coefficient (Wildman–Crippen LogP) is 2.71. The first kappa shape index (κ1) is 18.0. The molecule has 3 rings (SSSR count). The minimum absolute atomic E-state index is 0.216. The maximum Gasteiger partial charge on any atom is 0.274 e. The van der Waals surface area contributed by atoms with Crippen LogP contribution >= 0.6 is 0 Å². The first-order valence-electron chi connectivity index (χ1n) is 8.96. The predicted molar refractivity (Wildman–Crippen MR) is 102 cm³/mol. The van der Waals surface area contributed by atoms with E-state index in [2.05, 4.69) is 22.0 Å². The van der Waals surface area contributed by atoms with Crippen LogP contribution in [0.5, 0.6) is 0 Å². The van der Waals surface area contributed by atoms with Crippen LogP contribution in [0.1, 0.15) is 47.4 Å². The van der Waals surface area contributed by atoms with Crippen molar-refractivity contribution in [3.63, 3.8) is 0 Å². The maximum absolute atomic E-state index is 12.5. The van der Waals surface area contributed by atoms with Gasteiger partial charge >= 0.3 is 0 Å². The van der Waals surface area contributed by atoms with Crippen molar-refractivity contribution in [1.29, 1.82) is 0 Å². The van der Waals surface area contributed by atoms with Crippen molar-refractivity contribution < 1.29 is 4.79 Å². The van der Waals surface area contributed by atoms with Gasteiger partial charge in [-0.1, -0.05) is 25.5 Å². The number of aromatic nitrogens is 3. The summed E-state index contributed by atoms with van der Waals surface area (Å²) in [7, 11) is 1.60. The minimum Gasteiger partial charge on any atom is -0.351 e. The molecule has 0 aliphatic heterocycles. The Morgan fingerprint density at radius 2 is 2.19 bits per heavy atom.